The number of carbonyl (C=O) groups excluding carboxylic acids is 1. The van der Waals surface area contributed by atoms with Crippen LogP contribution in [0.15, 0.2) is 18.2 Å². The van der Waals surface area contributed by atoms with E-state index in [4.69, 9.17) is 0 Å². The highest BCUT2D eigenvalue weighted by atomic mass is 16.3. The first-order valence-corrected chi connectivity index (χ1v) is 6.90. The molecule has 0 radical (unpaired) electrons. The fourth-order valence-electron chi connectivity index (χ4n) is 2.44. The average molecular weight is 262 g/mol. The molecule has 0 aliphatic carbocycles. The molecule has 2 rings (SSSR count). The molecule has 0 fully saturated rings. The summed E-state index contributed by atoms with van der Waals surface area (Å²) < 4.78 is 0. The Balaban J connectivity index is 1.96. The van der Waals surface area contributed by atoms with Crippen molar-refractivity contribution in [1.29, 1.82) is 0 Å². The highest BCUT2D eigenvalue weighted by Crippen LogP contribution is 2.29. The van der Waals surface area contributed by atoms with Crippen molar-refractivity contribution in [2.24, 2.45) is 0 Å². The monoisotopic (exact) mass is 262 g/mol. The van der Waals surface area contributed by atoms with Gasteiger partial charge in [0.15, 0.2) is 0 Å². The summed E-state index contributed by atoms with van der Waals surface area (Å²) in [5.74, 6) is 0.00226. The number of rotatable bonds is 5. The summed E-state index contributed by atoms with van der Waals surface area (Å²) in [6.45, 7) is 3.28. The van der Waals surface area contributed by atoms with Gasteiger partial charge in [0.2, 0.25) is 5.91 Å². The molecule has 4 nitrogen and oxygen atoms in total. The molecule has 2 N–H and O–H groups in total. The second-order valence-corrected chi connectivity index (χ2v) is 5.13. The highest BCUT2D eigenvalue weighted by Gasteiger charge is 2.18. The van der Waals surface area contributed by atoms with E-state index >= 15 is 0 Å². The number of amides is 1. The van der Waals surface area contributed by atoms with E-state index in [1.807, 2.05) is 13.0 Å². The Morgan fingerprint density at radius 2 is 2.32 bits per heavy atom. The van der Waals surface area contributed by atoms with Gasteiger partial charge in [0, 0.05) is 32.2 Å². The number of aliphatic hydroxyl groups excluding tert-OH is 1. The van der Waals surface area contributed by atoms with Crippen LogP contribution >= 0.6 is 0 Å². The highest BCUT2D eigenvalue weighted by molar-refractivity contribution is 5.75. The lowest BCUT2D eigenvalue weighted by Crippen LogP contribution is -2.28. The lowest BCUT2D eigenvalue weighted by atomic mass is 10.0. The normalized spacial score (nSPS) is 15.2. The molecule has 1 aromatic carbocycles. The van der Waals surface area contributed by atoms with Crippen LogP contribution in [-0.4, -0.2) is 31.2 Å². The number of nitrogens with zero attached hydrogens (tertiary/aromatic N) is 1. The maximum Gasteiger partial charge on any atom is 0.220 e. The fourth-order valence-corrected chi connectivity index (χ4v) is 2.44. The Kier molecular flexibility index (Phi) is 4.43. The van der Waals surface area contributed by atoms with Gasteiger partial charge in [-0.2, -0.15) is 0 Å². The SMILES string of the molecule is CCCC(=O)NCC(O)c1ccc2c(c1)CCN2C. The van der Waals surface area contributed by atoms with Gasteiger partial charge in [0.25, 0.3) is 0 Å². The number of fused-ring (bicyclic) bond motifs is 1. The lowest BCUT2D eigenvalue weighted by molar-refractivity contribution is -0.121. The molecule has 0 bridgehead atoms. The molecule has 0 saturated carbocycles. The van der Waals surface area contributed by atoms with Crippen LogP contribution in [0.2, 0.25) is 0 Å². The second-order valence-electron chi connectivity index (χ2n) is 5.13. The number of aliphatic hydroxyl groups is 1. The molecule has 1 aliphatic rings. The number of benzene rings is 1. The van der Waals surface area contributed by atoms with Crippen LogP contribution in [0.4, 0.5) is 5.69 Å². The first-order valence-electron chi connectivity index (χ1n) is 6.90. The molecule has 0 saturated heterocycles. The molecule has 1 atom stereocenters. The molecule has 0 aromatic heterocycles. The average Bonchev–Trinajstić information content (AvgIpc) is 2.77. The van der Waals surface area contributed by atoms with E-state index in [1.54, 1.807) is 0 Å². The minimum absolute atomic E-state index is 0.00226. The van der Waals surface area contributed by atoms with Crippen LogP contribution in [0.1, 0.15) is 37.0 Å². The van der Waals surface area contributed by atoms with Crippen molar-refractivity contribution >= 4 is 11.6 Å². The van der Waals surface area contributed by atoms with Crippen molar-refractivity contribution in [3.8, 4) is 0 Å². The second kappa shape index (κ2) is 6.06. The van der Waals surface area contributed by atoms with Gasteiger partial charge in [0.05, 0.1) is 6.10 Å². The summed E-state index contributed by atoms with van der Waals surface area (Å²) in [4.78, 5) is 13.6. The summed E-state index contributed by atoms with van der Waals surface area (Å²) in [5, 5.41) is 12.9. The minimum atomic E-state index is -0.628. The summed E-state index contributed by atoms with van der Waals surface area (Å²) in [6.07, 6.45) is 1.74. The summed E-state index contributed by atoms with van der Waals surface area (Å²) in [6, 6.07) is 6.04. The zero-order chi connectivity index (χ0) is 13.8. The molecule has 19 heavy (non-hydrogen) atoms. The van der Waals surface area contributed by atoms with Crippen LogP contribution in [-0.2, 0) is 11.2 Å². The summed E-state index contributed by atoms with van der Waals surface area (Å²) in [5.41, 5.74) is 3.40. The molecule has 1 unspecified atom stereocenters. The van der Waals surface area contributed by atoms with E-state index in [1.165, 1.54) is 11.3 Å². The number of hydrogen-bond donors (Lipinski definition) is 2. The third-order valence-electron chi connectivity index (χ3n) is 3.59. The van der Waals surface area contributed by atoms with Gasteiger partial charge in [-0.15, -0.1) is 0 Å². The van der Waals surface area contributed by atoms with Crippen molar-refractivity contribution in [3.63, 3.8) is 0 Å². The van der Waals surface area contributed by atoms with Crippen LogP contribution < -0.4 is 10.2 Å². The Morgan fingerprint density at radius 1 is 1.53 bits per heavy atom. The van der Waals surface area contributed by atoms with Crippen molar-refractivity contribution < 1.29 is 9.90 Å². The Labute approximate surface area is 114 Å². The maximum absolute atomic E-state index is 11.4. The topological polar surface area (TPSA) is 52.6 Å². The van der Waals surface area contributed by atoms with E-state index < -0.39 is 6.10 Å². The standard InChI is InChI=1S/C15H22N2O2/c1-3-4-15(19)16-10-14(18)12-5-6-13-11(9-12)7-8-17(13)2/h5-6,9,14,18H,3-4,7-8,10H2,1-2H3,(H,16,19). The van der Waals surface area contributed by atoms with E-state index in [0.29, 0.717) is 6.42 Å². The molecule has 1 aromatic rings. The van der Waals surface area contributed by atoms with Crippen molar-refractivity contribution in [3.05, 3.63) is 29.3 Å². The summed E-state index contributed by atoms with van der Waals surface area (Å²) in [7, 11) is 2.08. The Bertz CT molecular complexity index is 459. The molecule has 4 heteroatoms. The van der Waals surface area contributed by atoms with Crippen LogP contribution in [0, 0.1) is 0 Å². The number of anilines is 1. The van der Waals surface area contributed by atoms with Crippen LogP contribution in [0.25, 0.3) is 0 Å². The van der Waals surface area contributed by atoms with E-state index in [9.17, 15) is 9.90 Å². The van der Waals surface area contributed by atoms with Crippen LogP contribution in [0.3, 0.4) is 0 Å². The van der Waals surface area contributed by atoms with Gasteiger partial charge in [-0.1, -0.05) is 19.1 Å². The number of carbonyl (C=O) groups is 1. The molecule has 104 valence electrons. The zero-order valence-electron chi connectivity index (χ0n) is 11.6. The van der Waals surface area contributed by atoms with Crippen molar-refractivity contribution in [2.45, 2.75) is 32.3 Å². The first kappa shape index (κ1) is 13.9. The minimum Gasteiger partial charge on any atom is -0.387 e. The molecule has 1 amide bonds. The number of likely N-dealkylation sites (N-methyl/N-ethyl adjacent to an activating group) is 1. The van der Waals surface area contributed by atoms with Crippen LogP contribution in [0.5, 0.6) is 0 Å². The van der Waals surface area contributed by atoms with Gasteiger partial charge < -0.3 is 15.3 Å². The molecular formula is C15H22N2O2. The van der Waals surface area contributed by atoms with Gasteiger partial charge in [-0.3, -0.25) is 4.79 Å². The predicted molar refractivity (Wildman–Crippen MR) is 76.3 cm³/mol. The molecule has 1 aliphatic heterocycles. The third-order valence-corrected chi connectivity index (χ3v) is 3.59. The molecular weight excluding hydrogens is 240 g/mol. The van der Waals surface area contributed by atoms with Gasteiger partial charge in [-0.25, -0.2) is 0 Å². The molecule has 0 spiro atoms. The maximum atomic E-state index is 11.4. The summed E-state index contributed by atoms with van der Waals surface area (Å²) >= 11 is 0. The lowest BCUT2D eigenvalue weighted by Gasteiger charge is -2.15. The predicted octanol–water partition coefficient (Wildman–Crippen LogP) is 1.63. The third kappa shape index (κ3) is 3.26. The van der Waals surface area contributed by atoms with E-state index in [2.05, 4.69) is 29.4 Å². The Hall–Kier alpha value is -1.55. The number of nitrogens with one attached hydrogen (secondary N) is 1. The zero-order valence-corrected chi connectivity index (χ0v) is 11.6. The van der Waals surface area contributed by atoms with Crippen molar-refractivity contribution in [1.82, 2.24) is 5.32 Å². The largest absolute Gasteiger partial charge is 0.387 e. The fraction of sp³-hybridized carbons (Fsp3) is 0.533. The smallest absolute Gasteiger partial charge is 0.220 e. The quantitative estimate of drug-likeness (QED) is 0.848. The number of hydrogen-bond acceptors (Lipinski definition) is 3. The van der Waals surface area contributed by atoms with E-state index in [0.717, 1.165) is 24.9 Å². The van der Waals surface area contributed by atoms with Gasteiger partial charge >= 0.3 is 0 Å². The van der Waals surface area contributed by atoms with Gasteiger partial charge in [0.1, 0.15) is 0 Å². The van der Waals surface area contributed by atoms with Gasteiger partial charge in [-0.05, 0) is 30.0 Å². The van der Waals surface area contributed by atoms with Crippen molar-refractivity contribution in [2.75, 3.05) is 25.0 Å². The van der Waals surface area contributed by atoms with E-state index in [-0.39, 0.29) is 12.5 Å². The molecule has 1 heterocycles. The Morgan fingerprint density at radius 3 is 3.05 bits per heavy atom. The first-order chi connectivity index (χ1) is 9.11.